The van der Waals surface area contributed by atoms with Crippen LogP contribution in [0.2, 0.25) is 0 Å². The van der Waals surface area contributed by atoms with Crippen LogP contribution in [-0.2, 0) is 4.79 Å². The van der Waals surface area contributed by atoms with Gasteiger partial charge in [0.1, 0.15) is 0 Å². The van der Waals surface area contributed by atoms with E-state index in [9.17, 15) is 9.90 Å². The Balaban J connectivity index is 1.96. The van der Waals surface area contributed by atoms with Crippen molar-refractivity contribution in [3.8, 4) is 0 Å². The molecule has 0 bridgehead atoms. The quantitative estimate of drug-likeness (QED) is 0.747. The minimum Gasteiger partial charge on any atom is -0.396 e. The van der Waals surface area contributed by atoms with Crippen molar-refractivity contribution in [3.05, 3.63) is 35.9 Å². The zero-order valence-electron chi connectivity index (χ0n) is 12.6. The molecular weight excluding hydrogens is 264 g/mol. The summed E-state index contributed by atoms with van der Waals surface area (Å²) < 4.78 is 0. The van der Waals surface area contributed by atoms with Crippen LogP contribution in [0.3, 0.4) is 0 Å². The summed E-state index contributed by atoms with van der Waals surface area (Å²) in [6.45, 7) is 0.986. The van der Waals surface area contributed by atoms with E-state index in [2.05, 4.69) is 5.32 Å². The van der Waals surface area contributed by atoms with Crippen LogP contribution in [0, 0.1) is 5.41 Å². The number of amides is 1. The molecule has 0 heterocycles. The molecule has 2 rings (SSSR count). The number of nitrogens with one attached hydrogen (secondary N) is 1. The predicted molar refractivity (Wildman–Crippen MR) is 83.9 cm³/mol. The molecule has 0 spiro atoms. The zero-order valence-corrected chi connectivity index (χ0v) is 12.6. The Morgan fingerprint density at radius 1 is 1.24 bits per heavy atom. The molecule has 1 aliphatic rings. The molecule has 1 atom stereocenters. The van der Waals surface area contributed by atoms with Crippen molar-refractivity contribution >= 4 is 5.91 Å². The van der Waals surface area contributed by atoms with Crippen LogP contribution >= 0.6 is 0 Å². The van der Waals surface area contributed by atoms with E-state index in [1.807, 2.05) is 30.3 Å². The van der Waals surface area contributed by atoms with E-state index >= 15 is 0 Å². The number of nitrogens with two attached hydrogens (primary N) is 1. The maximum Gasteiger partial charge on any atom is 0.228 e. The lowest BCUT2D eigenvalue weighted by molar-refractivity contribution is -0.123. The smallest absolute Gasteiger partial charge is 0.228 e. The first-order chi connectivity index (χ1) is 10.2. The van der Waals surface area contributed by atoms with Gasteiger partial charge < -0.3 is 16.2 Å². The molecule has 0 aliphatic heterocycles. The first-order valence-electron chi connectivity index (χ1n) is 7.84. The molecule has 0 saturated heterocycles. The van der Waals surface area contributed by atoms with Crippen LogP contribution < -0.4 is 11.1 Å². The second-order valence-corrected chi connectivity index (χ2v) is 6.14. The van der Waals surface area contributed by atoms with Crippen molar-refractivity contribution in [1.82, 2.24) is 5.32 Å². The number of benzene rings is 1. The van der Waals surface area contributed by atoms with Crippen LogP contribution in [0.15, 0.2) is 30.3 Å². The van der Waals surface area contributed by atoms with Crippen molar-refractivity contribution in [2.24, 2.45) is 11.1 Å². The van der Waals surface area contributed by atoms with E-state index in [0.29, 0.717) is 13.1 Å². The molecule has 0 aromatic heterocycles. The molecular formula is C17H26N2O2. The van der Waals surface area contributed by atoms with Gasteiger partial charge in [0.15, 0.2) is 0 Å². The molecule has 1 unspecified atom stereocenters. The SMILES string of the molecule is NCC(C(=O)NCC1(CO)CCCCC1)c1ccccc1. The van der Waals surface area contributed by atoms with E-state index in [4.69, 9.17) is 5.73 Å². The predicted octanol–water partition coefficient (Wildman–Crippen LogP) is 1.79. The first-order valence-corrected chi connectivity index (χ1v) is 7.84. The second-order valence-electron chi connectivity index (χ2n) is 6.14. The van der Waals surface area contributed by atoms with Crippen molar-refractivity contribution < 1.29 is 9.90 Å². The van der Waals surface area contributed by atoms with Crippen LogP contribution in [0.25, 0.3) is 0 Å². The van der Waals surface area contributed by atoms with Gasteiger partial charge in [0.2, 0.25) is 5.91 Å². The highest BCUT2D eigenvalue weighted by atomic mass is 16.3. The van der Waals surface area contributed by atoms with E-state index in [1.165, 1.54) is 6.42 Å². The summed E-state index contributed by atoms with van der Waals surface area (Å²) >= 11 is 0. The fraction of sp³-hybridized carbons (Fsp3) is 0.588. The highest BCUT2D eigenvalue weighted by Crippen LogP contribution is 2.35. The van der Waals surface area contributed by atoms with Gasteiger partial charge >= 0.3 is 0 Å². The highest BCUT2D eigenvalue weighted by molar-refractivity contribution is 5.83. The molecule has 21 heavy (non-hydrogen) atoms. The van der Waals surface area contributed by atoms with Crippen LogP contribution in [-0.4, -0.2) is 30.7 Å². The van der Waals surface area contributed by atoms with Gasteiger partial charge in [-0.2, -0.15) is 0 Å². The van der Waals surface area contributed by atoms with Crippen molar-refractivity contribution in [1.29, 1.82) is 0 Å². The molecule has 1 amide bonds. The zero-order chi connectivity index (χ0) is 15.1. The van der Waals surface area contributed by atoms with Gasteiger partial charge in [0.25, 0.3) is 0 Å². The van der Waals surface area contributed by atoms with Gasteiger partial charge in [-0.25, -0.2) is 0 Å². The van der Waals surface area contributed by atoms with Crippen LogP contribution in [0.4, 0.5) is 0 Å². The lowest BCUT2D eigenvalue weighted by atomic mass is 9.74. The van der Waals surface area contributed by atoms with Gasteiger partial charge in [0, 0.05) is 18.5 Å². The maximum atomic E-state index is 12.4. The molecule has 4 nitrogen and oxygen atoms in total. The minimum atomic E-state index is -0.314. The molecule has 1 saturated carbocycles. The number of rotatable bonds is 6. The van der Waals surface area contributed by atoms with Gasteiger partial charge in [-0.3, -0.25) is 4.79 Å². The van der Waals surface area contributed by atoms with E-state index in [1.54, 1.807) is 0 Å². The summed E-state index contributed by atoms with van der Waals surface area (Å²) in [5, 5.41) is 12.7. The third-order valence-electron chi connectivity index (χ3n) is 4.64. The summed E-state index contributed by atoms with van der Waals surface area (Å²) in [5.41, 5.74) is 6.58. The number of hydrogen-bond donors (Lipinski definition) is 3. The summed E-state index contributed by atoms with van der Waals surface area (Å²) in [6, 6.07) is 9.63. The van der Waals surface area contributed by atoms with Crippen molar-refractivity contribution in [3.63, 3.8) is 0 Å². The lowest BCUT2D eigenvalue weighted by Gasteiger charge is -2.36. The summed E-state index contributed by atoms with van der Waals surface area (Å²) in [6.07, 6.45) is 5.47. The summed E-state index contributed by atoms with van der Waals surface area (Å²) in [7, 11) is 0. The maximum absolute atomic E-state index is 12.4. The molecule has 4 N–H and O–H groups in total. The molecule has 116 valence electrons. The number of aliphatic hydroxyl groups excluding tert-OH is 1. The second kappa shape index (κ2) is 7.57. The molecule has 1 fully saturated rings. The van der Waals surface area contributed by atoms with Crippen LogP contribution in [0.5, 0.6) is 0 Å². The minimum absolute atomic E-state index is 0.0397. The summed E-state index contributed by atoms with van der Waals surface area (Å²) in [4.78, 5) is 12.4. The number of hydrogen-bond acceptors (Lipinski definition) is 3. The fourth-order valence-corrected chi connectivity index (χ4v) is 3.17. The van der Waals surface area contributed by atoms with Crippen molar-refractivity contribution in [2.75, 3.05) is 19.7 Å². The normalized spacial score (nSPS) is 19.0. The Kier molecular flexibility index (Phi) is 5.76. The molecule has 0 radical (unpaired) electrons. The monoisotopic (exact) mass is 290 g/mol. The van der Waals surface area contributed by atoms with E-state index < -0.39 is 0 Å². The summed E-state index contributed by atoms with van der Waals surface area (Å²) in [5.74, 6) is -0.354. The average Bonchev–Trinajstić information content (AvgIpc) is 2.55. The molecule has 4 heteroatoms. The fourth-order valence-electron chi connectivity index (χ4n) is 3.17. The molecule has 1 aromatic rings. The van der Waals surface area contributed by atoms with Crippen LogP contribution in [0.1, 0.15) is 43.6 Å². The van der Waals surface area contributed by atoms with Gasteiger partial charge in [-0.05, 0) is 18.4 Å². The van der Waals surface area contributed by atoms with E-state index in [-0.39, 0.29) is 23.8 Å². The Labute approximate surface area is 126 Å². The Morgan fingerprint density at radius 3 is 2.48 bits per heavy atom. The molecule has 1 aromatic carbocycles. The largest absolute Gasteiger partial charge is 0.396 e. The Hall–Kier alpha value is -1.39. The third kappa shape index (κ3) is 4.05. The van der Waals surface area contributed by atoms with E-state index in [0.717, 1.165) is 31.2 Å². The standard InChI is InChI=1S/C17H26N2O2/c18-11-15(14-7-3-1-4-8-14)16(21)19-12-17(13-20)9-5-2-6-10-17/h1,3-4,7-8,15,20H,2,5-6,9-13,18H2,(H,19,21). The van der Waals surface area contributed by atoms with Gasteiger partial charge in [0.05, 0.1) is 12.5 Å². The number of aliphatic hydroxyl groups is 1. The number of carbonyl (C=O) groups excluding carboxylic acids is 1. The third-order valence-corrected chi connectivity index (χ3v) is 4.64. The Bertz CT molecular complexity index is 441. The van der Waals surface area contributed by atoms with Gasteiger partial charge in [-0.1, -0.05) is 49.6 Å². The highest BCUT2D eigenvalue weighted by Gasteiger charge is 2.32. The topological polar surface area (TPSA) is 75.4 Å². The first kappa shape index (κ1) is 16.0. The Morgan fingerprint density at radius 2 is 1.90 bits per heavy atom. The number of carbonyl (C=O) groups is 1. The molecule has 1 aliphatic carbocycles. The van der Waals surface area contributed by atoms with Gasteiger partial charge in [-0.15, -0.1) is 0 Å². The van der Waals surface area contributed by atoms with Crippen molar-refractivity contribution in [2.45, 2.75) is 38.0 Å². The lowest BCUT2D eigenvalue weighted by Crippen LogP contribution is -2.43. The average molecular weight is 290 g/mol.